The highest BCUT2D eigenvalue weighted by Gasteiger charge is 2.15. The number of hydrogen-bond donors (Lipinski definition) is 0. The third-order valence-electron chi connectivity index (χ3n) is 3.02. The molecule has 0 atom stereocenters. The molecule has 0 fully saturated rings. The average molecular weight is 258 g/mol. The quantitative estimate of drug-likeness (QED) is 0.824. The van der Waals surface area contributed by atoms with E-state index < -0.39 is 0 Å². The first-order valence-corrected chi connectivity index (χ1v) is 6.36. The molecule has 0 unspecified atom stereocenters. The Labute approximate surface area is 113 Å². The fourth-order valence-corrected chi connectivity index (χ4v) is 1.91. The van der Waals surface area contributed by atoms with Crippen molar-refractivity contribution in [1.82, 2.24) is 4.90 Å². The van der Waals surface area contributed by atoms with Crippen molar-refractivity contribution in [3.63, 3.8) is 0 Å². The molecule has 0 aromatic carbocycles. The molecular weight excluding hydrogens is 240 g/mol. The normalized spacial score (nSPS) is 11.2. The zero-order valence-electron chi connectivity index (χ0n) is 11.5. The molecule has 2 aromatic heterocycles. The molecule has 0 amide bonds. The fourth-order valence-electron chi connectivity index (χ4n) is 1.91. The highest BCUT2D eigenvalue weighted by atomic mass is 16.3. The SMILES string of the molecule is Cc1ccc(CN(Cc2ccc(C#N)o2)C(C)C)o1. The van der Waals surface area contributed by atoms with Crippen LogP contribution in [0.15, 0.2) is 33.1 Å². The molecule has 0 radical (unpaired) electrons. The summed E-state index contributed by atoms with van der Waals surface area (Å²) in [5.74, 6) is 3.02. The van der Waals surface area contributed by atoms with E-state index in [1.807, 2.05) is 31.2 Å². The lowest BCUT2D eigenvalue weighted by molar-refractivity contribution is 0.173. The second kappa shape index (κ2) is 5.77. The first kappa shape index (κ1) is 13.4. The molecule has 0 aliphatic rings. The van der Waals surface area contributed by atoms with Gasteiger partial charge >= 0.3 is 0 Å². The molecule has 0 spiro atoms. The molecule has 4 heteroatoms. The summed E-state index contributed by atoms with van der Waals surface area (Å²) < 4.78 is 11.0. The Kier molecular flexibility index (Phi) is 4.08. The van der Waals surface area contributed by atoms with E-state index in [1.165, 1.54) is 0 Å². The predicted molar refractivity (Wildman–Crippen MR) is 71.3 cm³/mol. The molecule has 0 saturated carbocycles. The van der Waals surface area contributed by atoms with Gasteiger partial charge in [0.15, 0.2) is 0 Å². The van der Waals surface area contributed by atoms with Crippen LogP contribution in [0.25, 0.3) is 0 Å². The lowest BCUT2D eigenvalue weighted by Crippen LogP contribution is -2.29. The van der Waals surface area contributed by atoms with E-state index in [9.17, 15) is 0 Å². The van der Waals surface area contributed by atoms with Crippen LogP contribution in [-0.4, -0.2) is 10.9 Å². The Morgan fingerprint density at radius 3 is 2.21 bits per heavy atom. The summed E-state index contributed by atoms with van der Waals surface area (Å²) in [7, 11) is 0. The standard InChI is InChI=1S/C15H18N2O2/c1-11(2)17(9-14-5-4-12(3)18-14)10-15-7-6-13(8-16)19-15/h4-7,11H,9-10H2,1-3H3. The van der Waals surface area contributed by atoms with Crippen molar-refractivity contribution >= 4 is 0 Å². The number of hydrogen-bond acceptors (Lipinski definition) is 4. The number of aryl methyl sites for hydroxylation is 1. The fraction of sp³-hybridized carbons (Fsp3) is 0.400. The summed E-state index contributed by atoms with van der Waals surface area (Å²) in [6.45, 7) is 7.59. The lowest BCUT2D eigenvalue weighted by atomic mass is 10.2. The summed E-state index contributed by atoms with van der Waals surface area (Å²) in [6.07, 6.45) is 0. The molecule has 2 aromatic rings. The Hall–Kier alpha value is -1.99. The number of rotatable bonds is 5. The van der Waals surface area contributed by atoms with Crippen LogP contribution < -0.4 is 0 Å². The van der Waals surface area contributed by atoms with Crippen LogP contribution in [0.2, 0.25) is 0 Å². The molecule has 0 N–H and O–H groups in total. The third kappa shape index (κ3) is 3.49. The first-order chi connectivity index (χ1) is 9.08. The van der Waals surface area contributed by atoms with Gasteiger partial charge in [0.1, 0.15) is 23.3 Å². The average Bonchev–Trinajstić information content (AvgIpc) is 2.97. The Bertz CT molecular complexity index is 575. The van der Waals surface area contributed by atoms with Crippen LogP contribution in [0.3, 0.4) is 0 Å². The van der Waals surface area contributed by atoms with Crippen molar-refractivity contribution in [2.75, 3.05) is 0 Å². The minimum absolute atomic E-state index is 0.354. The monoisotopic (exact) mass is 258 g/mol. The van der Waals surface area contributed by atoms with Gasteiger partial charge in [0.2, 0.25) is 5.76 Å². The Balaban J connectivity index is 2.06. The maximum Gasteiger partial charge on any atom is 0.203 e. The van der Waals surface area contributed by atoms with Crippen molar-refractivity contribution in [3.8, 4) is 6.07 Å². The molecule has 0 aliphatic heterocycles. The van der Waals surface area contributed by atoms with Gasteiger partial charge in [0.05, 0.1) is 13.1 Å². The van der Waals surface area contributed by atoms with Gasteiger partial charge in [-0.25, -0.2) is 0 Å². The van der Waals surface area contributed by atoms with Gasteiger partial charge in [0.25, 0.3) is 0 Å². The van der Waals surface area contributed by atoms with E-state index in [0.717, 1.165) is 23.8 Å². The lowest BCUT2D eigenvalue weighted by Gasteiger charge is -2.24. The maximum atomic E-state index is 8.76. The van der Waals surface area contributed by atoms with Gasteiger partial charge in [-0.3, -0.25) is 4.90 Å². The van der Waals surface area contributed by atoms with Crippen LogP contribution in [0.1, 0.15) is 36.9 Å². The molecule has 0 bridgehead atoms. The van der Waals surface area contributed by atoms with Gasteiger partial charge in [-0.1, -0.05) is 0 Å². The molecule has 2 rings (SSSR count). The van der Waals surface area contributed by atoms with Gasteiger partial charge in [-0.05, 0) is 45.0 Å². The second-order valence-corrected chi connectivity index (χ2v) is 4.89. The maximum absolute atomic E-state index is 8.76. The van der Waals surface area contributed by atoms with Gasteiger partial charge < -0.3 is 8.83 Å². The van der Waals surface area contributed by atoms with Crippen molar-refractivity contribution < 1.29 is 8.83 Å². The van der Waals surface area contributed by atoms with E-state index in [1.54, 1.807) is 6.07 Å². The van der Waals surface area contributed by atoms with Crippen LogP contribution >= 0.6 is 0 Å². The minimum atomic E-state index is 0.354. The van der Waals surface area contributed by atoms with E-state index >= 15 is 0 Å². The highest BCUT2D eigenvalue weighted by Crippen LogP contribution is 2.16. The summed E-state index contributed by atoms with van der Waals surface area (Å²) in [6, 6.07) is 9.87. The van der Waals surface area contributed by atoms with Gasteiger partial charge in [-0.15, -0.1) is 0 Å². The summed E-state index contributed by atoms with van der Waals surface area (Å²) >= 11 is 0. The van der Waals surface area contributed by atoms with Crippen molar-refractivity contribution in [3.05, 3.63) is 47.3 Å². The van der Waals surface area contributed by atoms with Crippen molar-refractivity contribution in [2.45, 2.75) is 39.9 Å². The van der Waals surface area contributed by atoms with Gasteiger partial charge in [0, 0.05) is 6.04 Å². The Morgan fingerprint density at radius 1 is 1.11 bits per heavy atom. The third-order valence-corrected chi connectivity index (χ3v) is 3.02. The predicted octanol–water partition coefficient (Wildman–Crippen LogP) is 3.46. The molecule has 4 nitrogen and oxygen atoms in total. The summed E-state index contributed by atoms with van der Waals surface area (Å²) in [5, 5.41) is 8.76. The van der Waals surface area contributed by atoms with Gasteiger partial charge in [-0.2, -0.15) is 5.26 Å². The second-order valence-electron chi connectivity index (χ2n) is 4.89. The topological polar surface area (TPSA) is 53.3 Å². The van der Waals surface area contributed by atoms with Crippen molar-refractivity contribution in [2.24, 2.45) is 0 Å². The molecule has 0 saturated heterocycles. The summed E-state index contributed by atoms with van der Waals surface area (Å²) in [4.78, 5) is 2.23. The molecule has 2 heterocycles. The zero-order chi connectivity index (χ0) is 13.8. The van der Waals surface area contributed by atoms with Crippen LogP contribution in [0, 0.1) is 18.3 Å². The summed E-state index contributed by atoms with van der Waals surface area (Å²) in [5.41, 5.74) is 0. The number of furan rings is 2. The van der Waals surface area contributed by atoms with Crippen molar-refractivity contribution in [1.29, 1.82) is 5.26 Å². The smallest absolute Gasteiger partial charge is 0.203 e. The zero-order valence-corrected chi connectivity index (χ0v) is 11.5. The van der Waals surface area contributed by atoms with Crippen LogP contribution in [-0.2, 0) is 13.1 Å². The molecule has 100 valence electrons. The molecule has 19 heavy (non-hydrogen) atoms. The first-order valence-electron chi connectivity index (χ1n) is 6.36. The number of nitriles is 1. The van der Waals surface area contributed by atoms with E-state index in [0.29, 0.717) is 18.3 Å². The molecular formula is C15H18N2O2. The number of nitrogens with zero attached hydrogens (tertiary/aromatic N) is 2. The minimum Gasteiger partial charge on any atom is -0.465 e. The Morgan fingerprint density at radius 2 is 1.74 bits per heavy atom. The van der Waals surface area contributed by atoms with E-state index in [4.69, 9.17) is 14.1 Å². The highest BCUT2D eigenvalue weighted by molar-refractivity contribution is 5.19. The molecule has 0 aliphatic carbocycles. The van der Waals surface area contributed by atoms with E-state index in [2.05, 4.69) is 18.7 Å². The largest absolute Gasteiger partial charge is 0.465 e. The van der Waals surface area contributed by atoms with E-state index in [-0.39, 0.29) is 0 Å². The van der Waals surface area contributed by atoms with Crippen LogP contribution in [0.5, 0.6) is 0 Å². The van der Waals surface area contributed by atoms with Crippen LogP contribution in [0.4, 0.5) is 0 Å².